The first-order valence-corrected chi connectivity index (χ1v) is 12.3. The third-order valence-corrected chi connectivity index (χ3v) is 9.04. The van der Waals surface area contributed by atoms with E-state index < -0.39 is 0 Å². The summed E-state index contributed by atoms with van der Waals surface area (Å²) in [4.78, 5) is 18.4. The fourth-order valence-electron chi connectivity index (χ4n) is 6.98. The highest BCUT2D eigenvalue weighted by Crippen LogP contribution is 2.64. The van der Waals surface area contributed by atoms with Gasteiger partial charge >= 0.3 is 0 Å². The van der Waals surface area contributed by atoms with Crippen molar-refractivity contribution in [1.82, 2.24) is 4.90 Å². The molecule has 5 aliphatic rings. The lowest BCUT2D eigenvalue weighted by atomic mass is 9.49. The minimum Gasteiger partial charge on any atom is -0.369 e. The van der Waals surface area contributed by atoms with Gasteiger partial charge in [-0.1, -0.05) is 22.9 Å². The maximum atomic E-state index is 13.5. The molecule has 0 spiro atoms. The first-order chi connectivity index (χ1) is 13.9. The van der Waals surface area contributed by atoms with Gasteiger partial charge in [-0.3, -0.25) is 4.79 Å². The van der Waals surface area contributed by atoms with Crippen molar-refractivity contribution in [3.8, 4) is 0 Å². The lowest BCUT2D eigenvalue weighted by Crippen LogP contribution is -2.57. The Kier molecular flexibility index (Phi) is 4.98. The lowest BCUT2D eigenvalue weighted by molar-refractivity contribution is -0.138. The zero-order valence-corrected chi connectivity index (χ0v) is 19.4. The van der Waals surface area contributed by atoms with Gasteiger partial charge in [-0.05, 0) is 87.6 Å². The molecule has 4 saturated carbocycles. The Morgan fingerprint density at radius 3 is 2.41 bits per heavy atom. The van der Waals surface area contributed by atoms with Gasteiger partial charge < -0.3 is 15.1 Å². The molecule has 2 atom stereocenters. The minimum atomic E-state index is -0.158. The number of piperazine rings is 1. The van der Waals surface area contributed by atoms with Crippen LogP contribution in [-0.4, -0.2) is 47.9 Å². The fraction of sp³-hybridized carbons (Fsp3) is 0.708. The average Bonchev–Trinajstić information content (AvgIpc) is 2.67. The average molecular weight is 460 g/mol. The number of nitrogens with one attached hydrogen (secondary N) is 1. The van der Waals surface area contributed by atoms with Gasteiger partial charge in [0.05, 0.1) is 5.41 Å². The van der Waals surface area contributed by atoms with Gasteiger partial charge in [-0.25, -0.2) is 0 Å². The van der Waals surface area contributed by atoms with E-state index in [1.54, 1.807) is 0 Å². The van der Waals surface area contributed by atoms with Crippen molar-refractivity contribution < 1.29 is 4.79 Å². The molecule has 6 rings (SSSR count). The molecule has 4 nitrogen and oxygen atoms in total. The molecule has 1 aliphatic heterocycles. The van der Waals surface area contributed by atoms with E-state index in [0.29, 0.717) is 0 Å². The molecule has 158 valence electrons. The molecule has 1 aromatic rings. The molecule has 1 heterocycles. The monoisotopic (exact) mass is 459 g/mol. The number of likely N-dealkylation sites (N-methyl/N-ethyl adjacent to an activating group) is 1. The zero-order valence-electron chi connectivity index (χ0n) is 17.8. The summed E-state index contributed by atoms with van der Waals surface area (Å²) in [6, 6.07) is 6.57. The van der Waals surface area contributed by atoms with Crippen LogP contribution >= 0.6 is 15.9 Å². The smallest absolute Gasteiger partial charge is 0.230 e. The molecule has 4 aliphatic carbocycles. The third-order valence-electron chi connectivity index (χ3n) is 8.11. The van der Waals surface area contributed by atoms with E-state index in [1.165, 1.54) is 30.5 Å². The first kappa shape index (κ1) is 19.9. The number of alkyl halides is 1. The summed E-state index contributed by atoms with van der Waals surface area (Å²) in [6.45, 7) is 9.93. The van der Waals surface area contributed by atoms with Crippen LogP contribution in [0.1, 0.15) is 51.0 Å². The number of halogens is 1. The number of carbonyl (C=O) groups is 1. The second-order valence-corrected chi connectivity index (χ2v) is 11.9. The van der Waals surface area contributed by atoms with Crippen LogP contribution in [0.2, 0.25) is 0 Å². The number of aryl methyl sites for hydroxylation is 1. The normalized spacial score (nSPS) is 36.4. The highest BCUT2D eigenvalue weighted by Gasteiger charge is 2.59. The van der Waals surface area contributed by atoms with Crippen molar-refractivity contribution in [2.24, 2.45) is 17.3 Å². The summed E-state index contributed by atoms with van der Waals surface area (Å²) in [5.41, 5.74) is 3.29. The summed E-state index contributed by atoms with van der Waals surface area (Å²) >= 11 is 4.03. The van der Waals surface area contributed by atoms with E-state index in [9.17, 15) is 4.79 Å². The number of amides is 1. The Bertz CT molecular complexity index is 787. The molecule has 0 radical (unpaired) electrons. The third kappa shape index (κ3) is 3.63. The van der Waals surface area contributed by atoms with Crippen molar-refractivity contribution >= 4 is 33.2 Å². The van der Waals surface area contributed by atoms with Crippen molar-refractivity contribution in [3.63, 3.8) is 0 Å². The second kappa shape index (κ2) is 7.26. The zero-order chi connectivity index (χ0) is 20.2. The summed E-state index contributed by atoms with van der Waals surface area (Å²) < 4.78 is 0.216. The van der Waals surface area contributed by atoms with Crippen molar-refractivity contribution in [1.29, 1.82) is 0 Å². The predicted molar refractivity (Wildman–Crippen MR) is 123 cm³/mol. The largest absolute Gasteiger partial charge is 0.369 e. The Balaban J connectivity index is 1.29. The molecule has 4 bridgehead atoms. The number of hydrogen-bond acceptors (Lipinski definition) is 3. The van der Waals surface area contributed by atoms with E-state index >= 15 is 0 Å². The molecule has 1 N–H and O–H groups in total. The lowest BCUT2D eigenvalue weighted by Gasteiger charge is -2.59. The van der Waals surface area contributed by atoms with Crippen LogP contribution < -0.4 is 10.2 Å². The van der Waals surface area contributed by atoms with E-state index in [4.69, 9.17) is 0 Å². The van der Waals surface area contributed by atoms with E-state index in [-0.39, 0.29) is 15.6 Å². The van der Waals surface area contributed by atoms with E-state index in [1.807, 2.05) is 0 Å². The van der Waals surface area contributed by atoms with Crippen LogP contribution in [0.25, 0.3) is 0 Å². The fourth-order valence-corrected chi connectivity index (χ4v) is 8.43. The number of rotatable bonds is 4. The van der Waals surface area contributed by atoms with E-state index in [0.717, 1.165) is 69.5 Å². The molecule has 1 amide bonds. The highest BCUT2D eigenvalue weighted by atomic mass is 79.9. The number of hydrogen-bond donors (Lipinski definition) is 1. The van der Waals surface area contributed by atoms with Crippen LogP contribution in [0.3, 0.4) is 0 Å². The number of anilines is 2. The molecule has 1 aromatic carbocycles. The second-order valence-electron chi connectivity index (χ2n) is 10.3. The summed E-state index contributed by atoms with van der Waals surface area (Å²) in [6.07, 6.45) is 7.04. The predicted octanol–water partition coefficient (Wildman–Crippen LogP) is 4.81. The van der Waals surface area contributed by atoms with Gasteiger partial charge in [0.15, 0.2) is 0 Å². The molecule has 0 aromatic heterocycles. The number of carbonyl (C=O) groups excluding carboxylic acids is 1. The summed E-state index contributed by atoms with van der Waals surface area (Å²) in [5, 5.41) is 3.34. The number of nitrogens with zero attached hydrogens (tertiary/aromatic N) is 2. The van der Waals surface area contributed by atoms with Crippen LogP contribution in [0.4, 0.5) is 11.4 Å². The molecular formula is C24H34BrN3O. The van der Waals surface area contributed by atoms with Crippen LogP contribution in [0.15, 0.2) is 18.2 Å². The highest BCUT2D eigenvalue weighted by molar-refractivity contribution is 9.10. The van der Waals surface area contributed by atoms with Gasteiger partial charge in [0, 0.05) is 41.9 Å². The van der Waals surface area contributed by atoms with Crippen molar-refractivity contribution in [3.05, 3.63) is 23.8 Å². The Morgan fingerprint density at radius 2 is 1.83 bits per heavy atom. The summed E-state index contributed by atoms with van der Waals surface area (Å²) in [5.74, 6) is 1.72. The molecule has 29 heavy (non-hydrogen) atoms. The van der Waals surface area contributed by atoms with E-state index in [2.05, 4.69) is 63.1 Å². The number of benzene rings is 1. The van der Waals surface area contributed by atoms with Gasteiger partial charge in [-0.15, -0.1) is 0 Å². The van der Waals surface area contributed by atoms with Gasteiger partial charge in [-0.2, -0.15) is 0 Å². The maximum absolute atomic E-state index is 13.5. The van der Waals surface area contributed by atoms with Gasteiger partial charge in [0.2, 0.25) is 5.91 Å². The molecule has 2 unspecified atom stereocenters. The van der Waals surface area contributed by atoms with Gasteiger partial charge in [0.25, 0.3) is 0 Å². The van der Waals surface area contributed by atoms with Gasteiger partial charge in [0.1, 0.15) is 0 Å². The van der Waals surface area contributed by atoms with Crippen molar-refractivity contribution in [2.45, 2.75) is 56.7 Å². The van der Waals surface area contributed by atoms with Crippen molar-refractivity contribution in [2.75, 3.05) is 42.9 Å². The summed E-state index contributed by atoms with van der Waals surface area (Å²) in [7, 11) is 0. The Hall–Kier alpha value is -1.07. The maximum Gasteiger partial charge on any atom is 0.230 e. The molecule has 1 saturated heterocycles. The molecular weight excluding hydrogens is 426 g/mol. The molecule has 5 heteroatoms. The Morgan fingerprint density at radius 1 is 1.14 bits per heavy atom. The topological polar surface area (TPSA) is 35.6 Å². The SMILES string of the molecule is CCN1CCN(c2ccc(NC(=O)C34CC5CC(CC(Br)(C5)C3)C4)c(C)c2)CC1. The van der Waals surface area contributed by atoms with Crippen LogP contribution in [0, 0.1) is 24.2 Å². The van der Waals surface area contributed by atoms with Crippen LogP contribution in [0.5, 0.6) is 0 Å². The minimum absolute atomic E-state index is 0.158. The molecule has 5 fully saturated rings. The standard InChI is InChI=1S/C24H34BrN3O/c1-3-27-6-8-28(9-7-27)20-4-5-21(17(2)10-20)26-22(29)23-12-18-11-19(13-23)15-24(25,14-18)16-23/h4-5,10,18-19H,3,6-9,11-16H2,1-2H3,(H,26,29). The first-order valence-electron chi connectivity index (χ1n) is 11.5. The quantitative estimate of drug-likeness (QED) is 0.656. The van der Waals surface area contributed by atoms with Crippen LogP contribution in [-0.2, 0) is 4.79 Å². The Labute approximate surface area is 183 Å².